The summed E-state index contributed by atoms with van der Waals surface area (Å²) in [5.41, 5.74) is 4.85. The van der Waals surface area contributed by atoms with E-state index in [0.29, 0.717) is 6.07 Å². The van der Waals surface area contributed by atoms with Crippen molar-refractivity contribution in [2.45, 2.75) is 4.90 Å². The van der Waals surface area contributed by atoms with Crippen molar-refractivity contribution < 1.29 is 21.4 Å². The highest BCUT2D eigenvalue weighted by Crippen LogP contribution is 2.20. The summed E-state index contributed by atoms with van der Waals surface area (Å²) in [5.74, 6) is 2.56. The van der Waals surface area contributed by atoms with Gasteiger partial charge in [0.1, 0.15) is 16.5 Å². The van der Waals surface area contributed by atoms with E-state index in [1.807, 2.05) is 0 Å². The van der Waals surface area contributed by atoms with Crippen LogP contribution in [0.3, 0.4) is 0 Å². The van der Waals surface area contributed by atoms with Crippen molar-refractivity contribution in [3.05, 3.63) is 29.3 Å². The molecule has 0 bridgehead atoms. The van der Waals surface area contributed by atoms with Crippen molar-refractivity contribution in [1.29, 1.82) is 0 Å². The molecule has 1 rings (SSSR count). The monoisotopic (exact) mass is 336 g/mol. The Bertz CT molecular complexity index is 709. The van der Waals surface area contributed by atoms with Crippen LogP contribution in [0.4, 0.5) is 8.78 Å². The van der Waals surface area contributed by atoms with Gasteiger partial charge in [-0.05, 0) is 6.07 Å². The summed E-state index contributed by atoms with van der Waals surface area (Å²) in [6, 6.07) is 1.28. The first-order valence-corrected chi connectivity index (χ1v) is 8.96. The van der Waals surface area contributed by atoms with Crippen LogP contribution in [0.5, 0.6) is 0 Å². The number of nitrogens with two attached hydrogens (primary N) is 1. The molecule has 9 heteroatoms. The van der Waals surface area contributed by atoms with E-state index in [4.69, 9.17) is 5.73 Å². The molecule has 0 aliphatic rings. The average molecular weight is 336 g/mol. The van der Waals surface area contributed by atoms with E-state index in [1.54, 1.807) is 0 Å². The zero-order valence-electron chi connectivity index (χ0n) is 11.2. The maximum absolute atomic E-state index is 13.8. The zero-order chi connectivity index (χ0) is 16.0. The second kappa shape index (κ2) is 7.61. The van der Waals surface area contributed by atoms with Gasteiger partial charge in [-0.3, -0.25) is 4.21 Å². The summed E-state index contributed by atoms with van der Waals surface area (Å²) >= 11 is 0. The zero-order valence-corrected chi connectivity index (χ0v) is 12.8. The van der Waals surface area contributed by atoms with Gasteiger partial charge in [0.05, 0.1) is 12.1 Å². The Hall–Kier alpha value is -1.34. The van der Waals surface area contributed by atoms with E-state index in [1.165, 1.54) is 6.26 Å². The number of halogens is 2. The lowest BCUT2D eigenvalue weighted by molar-refractivity contribution is 0.543. The largest absolute Gasteiger partial charge is 0.320 e. The van der Waals surface area contributed by atoms with Crippen LogP contribution in [0, 0.1) is 23.5 Å². The molecule has 1 aromatic carbocycles. The molecular weight excluding hydrogens is 322 g/mol. The number of hydrogen-bond acceptors (Lipinski definition) is 4. The van der Waals surface area contributed by atoms with Crippen LogP contribution < -0.4 is 10.5 Å². The predicted molar refractivity (Wildman–Crippen MR) is 76.4 cm³/mol. The van der Waals surface area contributed by atoms with Crippen molar-refractivity contribution in [3.8, 4) is 11.8 Å². The van der Waals surface area contributed by atoms with Crippen LogP contribution in [0.15, 0.2) is 17.0 Å². The normalized spacial score (nSPS) is 12.6. The first-order chi connectivity index (χ1) is 9.77. The Morgan fingerprint density at radius 2 is 2.05 bits per heavy atom. The minimum atomic E-state index is -4.23. The lowest BCUT2D eigenvalue weighted by atomic mass is 10.2. The molecule has 0 amide bonds. The van der Waals surface area contributed by atoms with Crippen molar-refractivity contribution in [2.24, 2.45) is 5.73 Å². The third-order valence-corrected chi connectivity index (χ3v) is 4.60. The third kappa shape index (κ3) is 5.17. The van der Waals surface area contributed by atoms with Gasteiger partial charge in [0.25, 0.3) is 0 Å². The molecule has 5 nitrogen and oxygen atoms in total. The molecule has 0 aliphatic heterocycles. The van der Waals surface area contributed by atoms with E-state index in [2.05, 4.69) is 16.6 Å². The first-order valence-electron chi connectivity index (χ1n) is 5.75. The maximum Gasteiger partial charge on any atom is 0.244 e. The van der Waals surface area contributed by atoms with Gasteiger partial charge in [-0.2, -0.15) is 0 Å². The molecule has 0 radical (unpaired) electrons. The number of hydrogen-bond donors (Lipinski definition) is 2. The molecule has 116 valence electrons. The molecule has 0 aliphatic carbocycles. The molecule has 1 aromatic rings. The number of rotatable bonds is 5. The second-order valence-electron chi connectivity index (χ2n) is 3.95. The minimum Gasteiger partial charge on any atom is -0.320 e. The van der Waals surface area contributed by atoms with Gasteiger partial charge in [-0.25, -0.2) is 21.9 Å². The molecule has 0 heterocycles. The Kier molecular flexibility index (Phi) is 6.42. The van der Waals surface area contributed by atoms with Gasteiger partial charge in [-0.1, -0.05) is 11.8 Å². The Balaban J connectivity index is 3.24. The van der Waals surface area contributed by atoms with Gasteiger partial charge >= 0.3 is 0 Å². The summed E-state index contributed by atoms with van der Waals surface area (Å²) in [5, 5.41) is 0. The highest BCUT2D eigenvalue weighted by molar-refractivity contribution is 7.89. The Morgan fingerprint density at radius 3 is 2.62 bits per heavy atom. The molecule has 1 atom stereocenters. The van der Waals surface area contributed by atoms with Crippen LogP contribution in [0.2, 0.25) is 0 Å². The summed E-state index contributed by atoms with van der Waals surface area (Å²) < 4.78 is 64.1. The van der Waals surface area contributed by atoms with Crippen molar-refractivity contribution >= 4 is 20.8 Å². The van der Waals surface area contributed by atoms with Crippen LogP contribution in [-0.4, -0.2) is 37.7 Å². The van der Waals surface area contributed by atoms with E-state index in [9.17, 15) is 21.4 Å². The molecular formula is C12H14F2N2O3S2. The van der Waals surface area contributed by atoms with Gasteiger partial charge in [0, 0.05) is 35.4 Å². The van der Waals surface area contributed by atoms with Crippen LogP contribution in [0.25, 0.3) is 0 Å². The second-order valence-corrected chi connectivity index (χ2v) is 7.20. The molecule has 0 fully saturated rings. The van der Waals surface area contributed by atoms with E-state index < -0.39 is 37.4 Å². The molecule has 0 saturated heterocycles. The minimum absolute atomic E-state index is 0.0753. The molecule has 1 unspecified atom stereocenters. The fourth-order valence-electron chi connectivity index (χ4n) is 1.46. The smallest absolute Gasteiger partial charge is 0.244 e. The average Bonchev–Trinajstić information content (AvgIpc) is 2.34. The standard InChI is InChI=1S/C12H14F2N2O3S2/c1-20(17)6-5-16-21(18,19)12-9(3-2-4-15)7-10(13)8-11(12)14/h7-8,16H,4-6,15H2,1H3. The highest BCUT2D eigenvalue weighted by atomic mass is 32.2. The van der Waals surface area contributed by atoms with Crippen molar-refractivity contribution in [2.75, 3.05) is 25.1 Å². The van der Waals surface area contributed by atoms with Gasteiger partial charge < -0.3 is 5.73 Å². The molecule has 0 saturated carbocycles. The quantitative estimate of drug-likeness (QED) is 0.737. The lowest BCUT2D eigenvalue weighted by Gasteiger charge is -2.09. The van der Waals surface area contributed by atoms with Crippen LogP contribution in [-0.2, 0) is 20.8 Å². The fraction of sp³-hybridized carbons (Fsp3) is 0.333. The maximum atomic E-state index is 13.8. The number of benzene rings is 1. The SMILES string of the molecule is CS(=O)CCNS(=O)(=O)c1c(F)cc(F)cc1C#CCN. The van der Waals surface area contributed by atoms with Gasteiger partial charge in [0.2, 0.25) is 10.0 Å². The van der Waals surface area contributed by atoms with Crippen LogP contribution >= 0.6 is 0 Å². The summed E-state index contributed by atoms with van der Waals surface area (Å²) in [4.78, 5) is -0.744. The van der Waals surface area contributed by atoms with E-state index in [-0.39, 0.29) is 24.4 Å². The van der Waals surface area contributed by atoms with Gasteiger partial charge in [-0.15, -0.1) is 0 Å². The van der Waals surface area contributed by atoms with Crippen molar-refractivity contribution in [3.63, 3.8) is 0 Å². The highest BCUT2D eigenvalue weighted by Gasteiger charge is 2.23. The lowest BCUT2D eigenvalue weighted by Crippen LogP contribution is -2.29. The molecule has 0 aromatic heterocycles. The van der Waals surface area contributed by atoms with E-state index in [0.717, 1.165) is 6.07 Å². The topological polar surface area (TPSA) is 89.3 Å². The fourth-order valence-corrected chi connectivity index (χ4v) is 3.21. The van der Waals surface area contributed by atoms with Crippen LogP contribution in [0.1, 0.15) is 5.56 Å². The summed E-state index contributed by atoms with van der Waals surface area (Å²) in [6.45, 7) is -0.216. The molecule has 0 spiro atoms. The van der Waals surface area contributed by atoms with Gasteiger partial charge in [0.15, 0.2) is 0 Å². The Labute approximate surface area is 124 Å². The first kappa shape index (κ1) is 17.7. The number of sulfonamides is 1. The summed E-state index contributed by atoms with van der Waals surface area (Å²) in [6.07, 6.45) is 1.41. The predicted octanol–water partition coefficient (Wildman–Crippen LogP) is -0.0682. The summed E-state index contributed by atoms with van der Waals surface area (Å²) in [7, 11) is -5.43. The van der Waals surface area contributed by atoms with E-state index >= 15 is 0 Å². The number of nitrogens with one attached hydrogen (secondary N) is 1. The van der Waals surface area contributed by atoms with Crippen molar-refractivity contribution in [1.82, 2.24) is 4.72 Å². The Morgan fingerprint density at radius 1 is 1.38 bits per heavy atom. The molecule has 21 heavy (non-hydrogen) atoms. The third-order valence-electron chi connectivity index (χ3n) is 2.28. The molecule has 3 N–H and O–H groups in total.